The van der Waals surface area contributed by atoms with Crippen LogP contribution in [0.3, 0.4) is 0 Å². The Morgan fingerprint density at radius 1 is 0.857 bits per heavy atom. The smallest absolute Gasteiger partial charge is 0.252 e. The summed E-state index contributed by atoms with van der Waals surface area (Å²) in [7, 11) is 0. The Kier molecular flexibility index (Phi) is 5.49. The van der Waals surface area contributed by atoms with Crippen LogP contribution in [0.5, 0.6) is 23.0 Å². The summed E-state index contributed by atoms with van der Waals surface area (Å²) < 4.78 is 21.8. The van der Waals surface area contributed by atoms with Gasteiger partial charge < -0.3 is 29.6 Å². The third-order valence-electron chi connectivity index (χ3n) is 6.43. The van der Waals surface area contributed by atoms with Gasteiger partial charge in [0.25, 0.3) is 5.91 Å². The second-order valence-corrected chi connectivity index (χ2v) is 8.71. The highest BCUT2D eigenvalue weighted by atomic mass is 16.7. The molecular weight excluding hydrogens is 450 g/mol. The van der Waals surface area contributed by atoms with Gasteiger partial charge in [-0.25, -0.2) is 9.97 Å². The lowest BCUT2D eigenvalue weighted by Crippen LogP contribution is -2.46. The predicted octanol–water partition coefficient (Wildman–Crippen LogP) is 1.95. The van der Waals surface area contributed by atoms with Crippen LogP contribution in [0.1, 0.15) is 27.2 Å². The highest BCUT2D eigenvalue weighted by Gasteiger charge is 2.23. The van der Waals surface area contributed by atoms with Gasteiger partial charge in [0.05, 0.1) is 11.3 Å². The summed E-state index contributed by atoms with van der Waals surface area (Å²) in [6.45, 7) is 4.63. The normalized spacial score (nSPS) is 16.5. The highest BCUT2D eigenvalue weighted by Crippen LogP contribution is 2.34. The lowest BCUT2D eigenvalue weighted by molar-refractivity contribution is 0.0998. The van der Waals surface area contributed by atoms with E-state index in [0.29, 0.717) is 35.1 Å². The number of primary amides is 1. The molecule has 2 aromatic carbocycles. The van der Waals surface area contributed by atoms with Crippen molar-refractivity contribution in [2.24, 2.45) is 5.73 Å². The van der Waals surface area contributed by atoms with E-state index >= 15 is 0 Å². The van der Waals surface area contributed by atoms with Crippen LogP contribution in [0.2, 0.25) is 0 Å². The Bertz CT molecular complexity index is 1280. The van der Waals surface area contributed by atoms with E-state index in [9.17, 15) is 4.79 Å². The number of carbonyl (C=O) groups excluding carboxylic acids is 1. The number of piperazine rings is 1. The number of hydrogen-bond donors (Lipinski definition) is 1. The first-order valence-corrected chi connectivity index (χ1v) is 11.5. The minimum Gasteiger partial charge on any atom is -0.454 e. The minimum atomic E-state index is -0.541. The fourth-order valence-corrected chi connectivity index (χ4v) is 4.55. The van der Waals surface area contributed by atoms with E-state index in [-0.39, 0.29) is 13.6 Å². The average Bonchev–Trinajstić information content (AvgIpc) is 3.53. The summed E-state index contributed by atoms with van der Waals surface area (Å²) in [5.41, 5.74) is 8.68. The van der Waals surface area contributed by atoms with Gasteiger partial charge in [0.1, 0.15) is 0 Å². The van der Waals surface area contributed by atoms with E-state index in [0.717, 1.165) is 49.8 Å². The molecule has 0 bridgehead atoms. The largest absolute Gasteiger partial charge is 0.454 e. The van der Waals surface area contributed by atoms with Crippen molar-refractivity contribution in [2.45, 2.75) is 13.0 Å². The van der Waals surface area contributed by atoms with Crippen LogP contribution in [-0.2, 0) is 13.0 Å². The quantitative estimate of drug-likeness (QED) is 0.572. The summed E-state index contributed by atoms with van der Waals surface area (Å²) in [5, 5.41) is 0. The van der Waals surface area contributed by atoms with Gasteiger partial charge in [0.15, 0.2) is 23.0 Å². The van der Waals surface area contributed by atoms with Crippen LogP contribution in [0.25, 0.3) is 0 Å². The number of fused-ring (bicyclic) bond motifs is 2. The molecular formula is C25H25N5O5. The zero-order valence-corrected chi connectivity index (χ0v) is 19.1. The van der Waals surface area contributed by atoms with Crippen LogP contribution in [0.15, 0.2) is 42.6 Å². The molecule has 1 saturated heterocycles. The molecule has 180 valence electrons. The Morgan fingerprint density at radius 3 is 2.17 bits per heavy atom. The molecule has 3 aromatic rings. The standard InChI is InChI=1S/C25H25N5O5/c26-24(31)18-12-27-25(28-19(18)9-16-1-3-20-22(10-16)34-14-32-20)30-7-5-29(6-8-30)13-17-2-4-21-23(11-17)35-15-33-21/h1-4,10-12H,5-9,13-15H2,(H2,26,31). The Hall–Kier alpha value is -4.05. The molecule has 0 spiro atoms. The van der Waals surface area contributed by atoms with E-state index in [1.807, 2.05) is 30.3 Å². The number of aromatic nitrogens is 2. The molecule has 0 atom stereocenters. The Balaban J connectivity index is 1.14. The molecule has 2 N–H and O–H groups in total. The number of amides is 1. The topological polar surface area (TPSA) is 112 Å². The number of nitrogens with two attached hydrogens (primary N) is 1. The number of carbonyl (C=O) groups is 1. The highest BCUT2D eigenvalue weighted by molar-refractivity contribution is 5.93. The van der Waals surface area contributed by atoms with E-state index < -0.39 is 5.91 Å². The molecule has 0 saturated carbocycles. The van der Waals surface area contributed by atoms with Gasteiger partial charge in [0.2, 0.25) is 19.5 Å². The maximum absolute atomic E-state index is 12.0. The second-order valence-electron chi connectivity index (χ2n) is 8.71. The molecule has 0 unspecified atom stereocenters. The first-order chi connectivity index (χ1) is 17.1. The second kappa shape index (κ2) is 8.95. The molecule has 0 aliphatic carbocycles. The van der Waals surface area contributed by atoms with Gasteiger partial charge in [-0.15, -0.1) is 0 Å². The first kappa shape index (κ1) is 21.5. The van der Waals surface area contributed by atoms with Crippen molar-refractivity contribution in [3.8, 4) is 23.0 Å². The number of rotatable bonds is 6. The van der Waals surface area contributed by atoms with Crippen molar-refractivity contribution in [3.05, 3.63) is 65.0 Å². The van der Waals surface area contributed by atoms with Gasteiger partial charge in [-0.1, -0.05) is 12.1 Å². The molecule has 3 aliphatic rings. The molecule has 1 amide bonds. The fraction of sp³-hybridized carbons (Fsp3) is 0.320. The zero-order valence-electron chi connectivity index (χ0n) is 19.1. The molecule has 0 radical (unpaired) electrons. The van der Waals surface area contributed by atoms with E-state index in [2.05, 4.69) is 20.9 Å². The lowest BCUT2D eigenvalue weighted by atomic mass is 10.1. The number of nitrogens with zero attached hydrogens (tertiary/aromatic N) is 4. The summed E-state index contributed by atoms with van der Waals surface area (Å²) >= 11 is 0. The van der Waals surface area contributed by atoms with Crippen LogP contribution >= 0.6 is 0 Å². The summed E-state index contributed by atoms with van der Waals surface area (Å²) in [6, 6.07) is 11.8. The third kappa shape index (κ3) is 4.40. The van der Waals surface area contributed by atoms with Gasteiger partial charge >= 0.3 is 0 Å². The van der Waals surface area contributed by atoms with Crippen LogP contribution in [0.4, 0.5) is 5.95 Å². The van der Waals surface area contributed by atoms with Crippen molar-refractivity contribution in [1.82, 2.24) is 14.9 Å². The van der Waals surface area contributed by atoms with Gasteiger partial charge in [-0.05, 0) is 35.4 Å². The van der Waals surface area contributed by atoms with Crippen LogP contribution in [-0.4, -0.2) is 60.5 Å². The van der Waals surface area contributed by atoms with E-state index in [1.54, 1.807) is 0 Å². The number of benzene rings is 2. The monoisotopic (exact) mass is 475 g/mol. The predicted molar refractivity (Wildman–Crippen MR) is 126 cm³/mol. The average molecular weight is 476 g/mol. The Morgan fingerprint density at radius 2 is 1.49 bits per heavy atom. The van der Waals surface area contributed by atoms with Crippen LogP contribution in [0, 0.1) is 0 Å². The third-order valence-corrected chi connectivity index (χ3v) is 6.43. The molecule has 6 rings (SSSR count). The number of hydrogen-bond acceptors (Lipinski definition) is 9. The molecule has 4 heterocycles. The first-order valence-electron chi connectivity index (χ1n) is 11.5. The van der Waals surface area contributed by atoms with Crippen molar-refractivity contribution in [3.63, 3.8) is 0 Å². The van der Waals surface area contributed by atoms with Crippen molar-refractivity contribution < 1.29 is 23.7 Å². The van der Waals surface area contributed by atoms with Crippen molar-refractivity contribution in [2.75, 3.05) is 44.7 Å². The molecule has 10 heteroatoms. The zero-order chi connectivity index (χ0) is 23.8. The summed E-state index contributed by atoms with van der Waals surface area (Å²) in [6.07, 6.45) is 1.97. The van der Waals surface area contributed by atoms with Gasteiger partial charge in [-0.2, -0.15) is 0 Å². The molecule has 35 heavy (non-hydrogen) atoms. The number of ether oxygens (including phenoxy) is 4. The Labute approximate surface area is 202 Å². The molecule has 10 nitrogen and oxygen atoms in total. The van der Waals surface area contributed by atoms with Gasteiger partial charge in [0, 0.05) is 45.3 Å². The molecule has 3 aliphatic heterocycles. The van der Waals surface area contributed by atoms with Crippen molar-refractivity contribution >= 4 is 11.9 Å². The maximum atomic E-state index is 12.0. The molecule has 1 aromatic heterocycles. The minimum absolute atomic E-state index is 0.212. The fourth-order valence-electron chi connectivity index (χ4n) is 4.55. The number of anilines is 1. The van der Waals surface area contributed by atoms with E-state index in [4.69, 9.17) is 29.7 Å². The van der Waals surface area contributed by atoms with Crippen molar-refractivity contribution in [1.29, 1.82) is 0 Å². The maximum Gasteiger partial charge on any atom is 0.252 e. The lowest BCUT2D eigenvalue weighted by Gasteiger charge is -2.35. The summed E-state index contributed by atoms with van der Waals surface area (Å²) in [5.74, 6) is 3.07. The van der Waals surface area contributed by atoms with Crippen LogP contribution < -0.4 is 29.6 Å². The summed E-state index contributed by atoms with van der Waals surface area (Å²) in [4.78, 5) is 25.8. The molecule has 1 fully saturated rings. The van der Waals surface area contributed by atoms with Gasteiger partial charge in [-0.3, -0.25) is 9.69 Å². The van der Waals surface area contributed by atoms with E-state index in [1.165, 1.54) is 11.8 Å². The SMILES string of the molecule is NC(=O)c1cnc(N2CCN(Cc3ccc4c(c3)OCO4)CC2)nc1Cc1ccc2c(c1)OCO2.